The van der Waals surface area contributed by atoms with E-state index in [2.05, 4.69) is 17.2 Å². The van der Waals surface area contributed by atoms with Gasteiger partial charge in [-0.15, -0.1) is 0 Å². The average molecular weight is 420 g/mol. The van der Waals surface area contributed by atoms with Gasteiger partial charge in [-0.1, -0.05) is 39.0 Å². The van der Waals surface area contributed by atoms with Gasteiger partial charge < -0.3 is 10.1 Å². The molecule has 0 radical (unpaired) electrons. The Morgan fingerprint density at radius 2 is 2.00 bits per heavy atom. The number of hydrogen-bond donors (Lipinski definition) is 1. The van der Waals surface area contributed by atoms with E-state index in [4.69, 9.17) is 4.74 Å². The number of esters is 1. The third-order valence-electron chi connectivity index (χ3n) is 4.41. The van der Waals surface area contributed by atoms with Crippen LogP contribution in [0.25, 0.3) is 10.9 Å². The normalized spacial score (nSPS) is 12.2. The van der Waals surface area contributed by atoms with Gasteiger partial charge in [0.1, 0.15) is 0 Å². The Hall–Kier alpha value is -2.35. The first kappa shape index (κ1) is 22.9. The summed E-state index contributed by atoms with van der Waals surface area (Å²) in [4.78, 5) is 41.9. The van der Waals surface area contributed by atoms with Gasteiger partial charge in [-0.2, -0.15) is 0 Å². The molecule has 1 aromatic carbocycles. The molecule has 1 heterocycles. The van der Waals surface area contributed by atoms with E-state index in [0.29, 0.717) is 40.6 Å². The molecule has 0 spiro atoms. The van der Waals surface area contributed by atoms with Crippen LogP contribution >= 0.6 is 11.8 Å². The van der Waals surface area contributed by atoms with Gasteiger partial charge in [-0.3, -0.25) is 14.2 Å². The highest BCUT2D eigenvalue weighted by atomic mass is 32.2. The second kappa shape index (κ2) is 10.4. The molecule has 8 heteroatoms. The molecule has 2 rings (SSSR count). The van der Waals surface area contributed by atoms with E-state index in [1.807, 2.05) is 13.8 Å². The van der Waals surface area contributed by atoms with E-state index in [0.717, 1.165) is 12.8 Å². The molecule has 0 aliphatic carbocycles. The van der Waals surface area contributed by atoms with Crippen LogP contribution in [0.5, 0.6) is 0 Å². The fourth-order valence-electron chi connectivity index (χ4n) is 2.71. The maximum Gasteiger partial charge on any atom is 0.337 e. The van der Waals surface area contributed by atoms with E-state index >= 15 is 0 Å². The van der Waals surface area contributed by atoms with Gasteiger partial charge in [0.05, 0.1) is 28.8 Å². The van der Waals surface area contributed by atoms with E-state index in [1.54, 1.807) is 29.7 Å². The Morgan fingerprint density at radius 1 is 1.28 bits per heavy atom. The van der Waals surface area contributed by atoms with E-state index in [-0.39, 0.29) is 11.5 Å². The average Bonchev–Trinajstić information content (AvgIpc) is 2.70. The fraction of sp³-hybridized carbons (Fsp3) is 0.524. The first-order valence-electron chi connectivity index (χ1n) is 9.85. The molecular formula is C21H29N3O4S. The standard InChI is InChI=1S/C21H29N3O4S/c1-6-7-10-24-19(26)16-9-8-15(20(27)28-5)11-17(16)23-21(24)29-14(4)18(25)22-12-13(2)3/h8-9,11,13-14H,6-7,10,12H2,1-5H3,(H,22,25)/t14-/m1/s1. The number of ether oxygens (including phenoxy) is 1. The summed E-state index contributed by atoms with van der Waals surface area (Å²) in [6.07, 6.45) is 1.76. The molecule has 0 fully saturated rings. The number of thioether (sulfide) groups is 1. The molecule has 2 aromatic rings. The Kier molecular flexibility index (Phi) is 8.25. The molecule has 158 valence electrons. The van der Waals surface area contributed by atoms with Crippen molar-refractivity contribution in [2.24, 2.45) is 5.92 Å². The van der Waals surface area contributed by atoms with Gasteiger partial charge in [-0.25, -0.2) is 9.78 Å². The van der Waals surface area contributed by atoms with Crippen LogP contribution in [-0.4, -0.2) is 40.3 Å². The van der Waals surface area contributed by atoms with Gasteiger partial charge in [-0.05, 0) is 37.5 Å². The van der Waals surface area contributed by atoms with Crippen LogP contribution in [0, 0.1) is 5.92 Å². The predicted octanol–water partition coefficient (Wildman–Crippen LogP) is 3.24. The summed E-state index contributed by atoms with van der Waals surface area (Å²) in [7, 11) is 1.31. The van der Waals surface area contributed by atoms with Crippen molar-refractivity contribution in [1.29, 1.82) is 0 Å². The molecule has 1 amide bonds. The van der Waals surface area contributed by atoms with Crippen molar-refractivity contribution >= 4 is 34.5 Å². The van der Waals surface area contributed by atoms with Crippen molar-refractivity contribution < 1.29 is 14.3 Å². The smallest absolute Gasteiger partial charge is 0.337 e. The Bertz CT molecular complexity index is 939. The molecule has 0 unspecified atom stereocenters. The molecule has 29 heavy (non-hydrogen) atoms. The molecule has 0 aliphatic heterocycles. The molecule has 0 saturated heterocycles. The van der Waals surface area contributed by atoms with Crippen molar-refractivity contribution in [1.82, 2.24) is 14.9 Å². The van der Waals surface area contributed by atoms with Crippen LogP contribution in [0.4, 0.5) is 0 Å². The summed E-state index contributed by atoms with van der Waals surface area (Å²) in [5, 5.41) is 3.42. The van der Waals surface area contributed by atoms with E-state index in [1.165, 1.54) is 18.9 Å². The van der Waals surface area contributed by atoms with Gasteiger partial charge in [0, 0.05) is 13.1 Å². The predicted molar refractivity (Wildman–Crippen MR) is 115 cm³/mol. The minimum absolute atomic E-state index is 0.0941. The number of carbonyl (C=O) groups excluding carboxylic acids is 2. The molecule has 7 nitrogen and oxygen atoms in total. The third-order valence-corrected chi connectivity index (χ3v) is 5.50. The Morgan fingerprint density at radius 3 is 2.62 bits per heavy atom. The van der Waals surface area contributed by atoms with Crippen molar-refractivity contribution in [3.63, 3.8) is 0 Å². The lowest BCUT2D eigenvalue weighted by molar-refractivity contribution is -0.120. The van der Waals surface area contributed by atoms with Gasteiger partial charge in [0.25, 0.3) is 5.56 Å². The van der Waals surface area contributed by atoms with Crippen LogP contribution in [-0.2, 0) is 16.1 Å². The number of aromatic nitrogens is 2. The molecule has 0 aliphatic rings. The van der Waals surface area contributed by atoms with Crippen LogP contribution < -0.4 is 10.9 Å². The zero-order valence-corrected chi connectivity index (χ0v) is 18.5. The van der Waals surface area contributed by atoms with Crippen LogP contribution in [0.15, 0.2) is 28.2 Å². The summed E-state index contributed by atoms with van der Waals surface area (Å²) in [6, 6.07) is 4.73. The molecule has 0 saturated carbocycles. The number of amides is 1. The van der Waals surface area contributed by atoms with Gasteiger partial charge in [0.15, 0.2) is 5.16 Å². The SMILES string of the molecule is CCCCn1c(S[C@H](C)C(=O)NCC(C)C)nc2cc(C(=O)OC)ccc2c1=O. The lowest BCUT2D eigenvalue weighted by atomic mass is 10.1. The van der Waals surface area contributed by atoms with Crippen molar-refractivity contribution in [3.05, 3.63) is 34.1 Å². The number of unbranched alkanes of at least 4 members (excludes halogenated alkanes) is 1. The van der Waals surface area contributed by atoms with Crippen LogP contribution in [0.2, 0.25) is 0 Å². The van der Waals surface area contributed by atoms with Crippen molar-refractivity contribution in [3.8, 4) is 0 Å². The molecular weight excluding hydrogens is 390 g/mol. The Balaban J connectivity index is 2.45. The lowest BCUT2D eigenvalue weighted by Crippen LogP contribution is -2.34. The van der Waals surface area contributed by atoms with Crippen molar-refractivity contribution in [2.45, 2.75) is 57.5 Å². The number of benzene rings is 1. The second-order valence-corrected chi connectivity index (χ2v) is 8.64. The zero-order valence-electron chi connectivity index (χ0n) is 17.7. The number of methoxy groups -OCH3 is 1. The maximum atomic E-state index is 13.1. The zero-order chi connectivity index (χ0) is 21.6. The molecule has 1 aromatic heterocycles. The molecule has 1 atom stereocenters. The largest absolute Gasteiger partial charge is 0.465 e. The van der Waals surface area contributed by atoms with Gasteiger partial charge in [0.2, 0.25) is 5.91 Å². The fourth-order valence-corrected chi connectivity index (χ4v) is 3.67. The number of carbonyl (C=O) groups is 2. The minimum atomic E-state index is -0.487. The summed E-state index contributed by atoms with van der Waals surface area (Å²) in [5.41, 5.74) is 0.581. The second-order valence-electron chi connectivity index (χ2n) is 7.33. The summed E-state index contributed by atoms with van der Waals surface area (Å²) in [6.45, 7) is 9.04. The molecule has 1 N–H and O–H groups in total. The third kappa shape index (κ3) is 5.82. The Labute approximate surface area is 175 Å². The van der Waals surface area contributed by atoms with Crippen LogP contribution in [0.3, 0.4) is 0 Å². The number of nitrogens with zero attached hydrogens (tertiary/aromatic N) is 2. The maximum absolute atomic E-state index is 13.1. The topological polar surface area (TPSA) is 90.3 Å². The minimum Gasteiger partial charge on any atom is -0.465 e. The summed E-state index contributed by atoms with van der Waals surface area (Å²) < 4.78 is 6.38. The number of hydrogen-bond acceptors (Lipinski definition) is 6. The van der Waals surface area contributed by atoms with E-state index in [9.17, 15) is 14.4 Å². The van der Waals surface area contributed by atoms with Gasteiger partial charge >= 0.3 is 5.97 Å². The summed E-state index contributed by atoms with van der Waals surface area (Å²) >= 11 is 1.25. The number of rotatable bonds is 9. The summed E-state index contributed by atoms with van der Waals surface area (Å²) in [5.74, 6) is -0.225. The first-order chi connectivity index (χ1) is 13.8. The number of nitrogens with one attached hydrogen (secondary N) is 1. The van der Waals surface area contributed by atoms with E-state index < -0.39 is 11.2 Å². The van der Waals surface area contributed by atoms with Crippen molar-refractivity contribution in [2.75, 3.05) is 13.7 Å². The number of fused-ring (bicyclic) bond motifs is 1. The highest BCUT2D eigenvalue weighted by Gasteiger charge is 2.20. The monoisotopic (exact) mass is 419 g/mol. The van der Waals surface area contributed by atoms with Crippen LogP contribution in [0.1, 0.15) is 50.9 Å². The lowest BCUT2D eigenvalue weighted by Gasteiger charge is -2.17. The highest BCUT2D eigenvalue weighted by Crippen LogP contribution is 2.24. The first-order valence-corrected chi connectivity index (χ1v) is 10.7. The quantitative estimate of drug-likeness (QED) is 0.381. The molecule has 0 bridgehead atoms. The highest BCUT2D eigenvalue weighted by molar-refractivity contribution is 8.00.